The fourth-order valence-corrected chi connectivity index (χ4v) is 5.58. The number of anilines is 1. The Labute approximate surface area is 174 Å². The summed E-state index contributed by atoms with van der Waals surface area (Å²) in [6, 6.07) is 5.02. The summed E-state index contributed by atoms with van der Waals surface area (Å²) >= 11 is 8.83. The van der Waals surface area contributed by atoms with Crippen molar-refractivity contribution in [1.82, 2.24) is 9.55 Å². The number of halogens is 1. The lowest BCUT2D eigenvalue weighted by atomic mass is 10.2. The highest BCUT2D eigenvalue weighted by molar-refractivity contribution is 7.99. The summed E-state index contributed by atoms with van der Waals surface area (Å²) in [5.74, 6) is 0.420. The first-order valence-corrected chi connectivity index (χ1v) is 10.9. The number of methoxy groups -OCH3 is 1. The van der Waals surface area contributed by atoms with E-state index in [0.717, 1.165) is 35.0 Å². The molecule has 28 heavy (non-hydrogen) atoms. The molecule has 0 fully saturated rings. The van der Waals surface area contributed by atoms with Gasteiger partial charge in [0.25, 0.3) is 5.56 Å². The Hall–Kier alpha value is -2.03. The van der Waals surface area contributed by atoms with Crippen LogP contribution < -0.4 is 15.6 Å². The molecule has 0 radical (unpaired) electrons. The van der Waals surface area contributed by atoms with E-state index in [1.807, 2.05) is 0 Å². The van der Waals surface area contributed by atoms with Crippen molar-refractivity contribution < 1.29 is 9.53 Å². The van der Waals surface area contributed by atoms with Crippen LogP contribution in [-0.4, -0.2) is 28.3 Å². The van der Waals surface area contributed by atoms with E-state index >= 15 is 0 Å². The molecule has 1 aliphatic carbocycles. The van der Waals surface area contributed by atoms with Crippen molar-refractivity contribution in [3.05, 3.63) is 44.0 Å². The number of carbonyl (C=O) groups is 1. The number of benzene rings is 1. The summed E-state index contributed by atoms with van der Waals surface area (Å²) in [5, 5.41) is 4.58. The summed E-state index contributed by atoms with van der Waals surface area (Å²) in [5.41, 5.74) is 1.63. The SMILES string of the molecule is COc1ccc(Cl)cc1NC(=O)CSc1nc2sc3c(c2c(=O)n1C)CCC3. The van der Waals surface area contributed by atoms with Crippen LogP contribution in [0.25, 0.3) is 10.2 Å². The number of rotatable bonds is 5. The number of thiophene rings is 1. The number of aryl methyl sites for hydroxylation is 2. The van der Waals surface area contributed by atoms with Crippen LogP contribution in [0.4, 0.5) is 5.69 Å². The number of hydrogen-bond donors (Lipinski definition) is 1. The van der Waals surface area contributed by atoms with E-state index in [0.29, 0.717) is 21.6 Å². The van der Waals surface area contributed by atoms with E-state index in [1.54, 1.807) is 36.6 Å². The van der Waals surface area contributed by atoms with Gasteiger partial charge in [0, 0.05) is 16.9 Å². The molecule has 2 aromatic heterocycles. The van der Waals surface area contributed by atoms with Gasteiger partial charge in [-0.1, -0.05) is 23.4 Å². The predicted molar refractivity (Wildman–Crippen MR) is 114 cm³/mol. The zero-order valence-electron chi connectivity index (χ0n) is 15.4. The van der Waals surface area contributed by atoms with Gasteiger partial charge in [0.2, 0.25) is 5.91 Å². The molecule has 1 amide bonds. The molecule has 0 atom stereocenters. The van der Waals surface area contributed by atoms with Crippen LogP contribution in [-0.2, 0) is 24.7 Å². The second kappa shape index (κ2) is 7.77. The largest absolute Gasteiger partial charge is 0.495 e. The third-order valence-corrected chi connectivity index (χ3v) is 7.12. The smallest absolute Gasteiger partial charge is 0.262 e. The third-order valence-electron chi connectivity index (χ3n) is 4.67. The molecule has 9 heteroatoms. The molecule has 1 aromatic carbocycles. The van der Waals surface area contributed by atoms with E-state index in [-0.39, 0.29) is 17.2 Å². The van der Waals surface area contributed by atoms with Crippen molar-refractivity contribution in [2.75, 3.05) is 18.2 Å². The Bertz CT molecular complexity index is 1140. The Balaban J connectivity index is 1.53. The van der Waals surface area contributed by atoms with E-state index in [9.17, 15) is 9.59 Å². The zero-order chi connectivity index (χ0) is 19.8. The molecule has 1 N–H and O–H groups in total. The minimum absolute atomic E-state index is 0.0381. The number of amides is 1. The van der Waals surface area contributed by atoms with Crippen molar-refractivity contribution in [3.8, 4) is 5.75 Å². The first-order valence-electron chi connectivity index (χ1n) is 8.75. The monoisotopic (exact) mass is 435 g/mol. The standard InChI is InChI=1S/C19H18ClN3O3S2/c1-23-18(25)16-11-4-3-5-14(11)28-17(16)22-19(23)27-9-15(24)21-12-8-10(20)6-7-13(12)26-2/h6-8H,3-5,9H2,1-2H3,(H,21,24). The lowest BCUT2D eigenvalue weighted by molar-refractivity contribution is -0.113. The Morgan fingerprint density at radius 3 is 3.04 bits per heavy atom. The number of nitrogens with zero attached hydrogens (tertiary/aromatic N) is 2. The van der Waals surface area contributed by atoms with Crippen LogP contribution in [0.1, 0.15) is 16.9 Å². The van der Waals surface area contributed by atoms with Crippen molar-refractivity contribution in [3.63, 3.8) is 0 Å². The molecular formula is C19H18ClN3O3S2. The zero-order valence-corrected chi connectivity index (χ0v) is 17.8. The Morgan fingerprint density at radius 1 is 1.43 bits per heavy atom. The van der Waals surface area contributed by atoms with Crippen LogP contribution in [0, 0.1) is 0 Å². The van der Waals surface area contributed by atoms with Crippen LogP contribution in [0.15, 0.2) is 28.2 Å². The number of nitrogens with one attached hydrogen (secondary N) is 1. The maximum Gasteiger partial charge on any atom is 0.262 e. The lowest BCUT2D eigenvalue weighted by Gasteiger charge is -2.11. The van der Waals surface area contributed by atoms with Gasteiger partial charge in [0.15, 0.2) is 5.16 Å². The van der Waals surface area contributed by atoms with Gasteiger partial charge < -0.3 is 10.1 Å². The molecule has 0 unspecified atom stereocenters. The normalized spacial score (nSPS) is 13.0. The van der Waals surface area contributed by atoms with Crippen molar-refractivity contribution in [1.29, 1.82) is 0 Å². The molecule has 0 spiro atoms. The van der Waals surface area contributed by atoms with Crippen molar-refractivity contribution >= 4 is 56.5 Å². The van der Waals surface area contributed by atoms with Crippen LogP contribution in [0.3, 0.4) is 0 Å². The molecule has 0 aliphatic heterocycles. The van der Waals surface area contributed by atoms with E-state index in [4.69, 9.17) is 16.3 Å². The molecule has 146 valence electrons. The molecular weight excluding hydrogens is 418 g/mol. The van der Waals surface area contributed by atoms with Gasteiger partial charge in [-0.25, -0.2) is 4.98 Å². The molecule has 0 saturated heterocycles. The molecule has 6 nitrogen and oxygen atoms in total. The molecule has 3 aromatic rings. The number of hydrogen-bond acceptors (Lipinski definition) is 6. The molecule has 4 rings (SSSR count). The van der Waals surface area contributed by atoms with E-state index in [2.05, 4.69) is 10.3 Å². The fraction of sp³-hybridized carbons (Fsp3) is 0.316. The Kier molecular flexibility index (Phi) is 5.35. The summed E-state index contributed by atoms with van der Waals surface area (Å²) in [4.78, 5) is 31.9. The first-order chi connectivity index (χ1) is 13.5. The summed E-state index contributed by atoms with van der Waals surface area (Å²) < 4.78 is 6.77. The second-order valence-corrected chi connectivity index (χ2v) is 8.94. The van der Waals surface area contributed by atoms with Gasteiger partial charge in [-0.15, -0.1) is 11.3 Å². The summed E-state index contributed by atoms with van der Waals surface area (Å²) in [7, 11) is 3.23. The number of ether oxygens (including phenoxy) is 1. The average molecular weight is 436 g/mol. The quantitative estimate of drug-likeness (QED) is 0.486. The summed E-state index contributed by atoms with van der Waals surface area (Å²) in [6.45, 7) is 0. The minimum atomic E-state index is -0.228. The highest BCUT2D eigenvalue weighted by Gasteiger charge is 2.22. The number of aromatic nitrogens is 2. The van der Waals surface area contributed by atoms with E-state index < -0.39 is 0 Å². The average Bonchev–Trinajstić information content (AvgIpc) is 3.24. The highest BCUT2D eigenvalue weighted by atomic mass is 35.5. The molecule has 2 heterocycles. The topological polar surface area (TPSA) is 73.2 Å². The second-order valence-electron chi connectivity index (χ2n) is 6.48. The fourth-order valence-electron chi connectivity index (χ4n) is 3.33. The minimum Gasteiger partial charge on any atom is -0.495 e. The maximum absolute atomic E-state index is 12.8. The highest BCUT2D eigenvalue weighted by Crippen LogP contribution is 2.35. The number of fused-ring (bicyclic) bond motifs is 3. The van der Waals surface area contributed by atoms with Gasteiger partial charge in [-0.2, -0.15) is 0 Å². The van der Waals surface area contributed by atoms with Crippen molar-refractivity contribution in [2.45, 2.75) is 24.4 Å². The van der Waals surface area contributed by atoms with Gasteiger partial charge in [-0.05, 0) is 43.0 Å². The van der Waals surface area contributed by atoms with Crippen LogP contribution >= 0.6 is 34.7 Å². The maximum atomic E-state index is 12.8. The molecule has 0 saturated carbocycles. The predicted octanol–water partition coefficient (Wildman–Crippen LogP) is 3.88. The first kappa shape index (κ1) is 19.3. The lowest BCUT2D eigenvalue weighted by Crippen LogP contribution is -2.21. The molecule has 0 bridgehead atoms. The van der Waals surface area contributed by atoms with Crippen LogP contribution in [0.2, 0.25) is 5.02 Å². The van der Waals surface area contributed by atoms with Gasteiger partial charge in [-0.3, -0.25) is 14.2 Å². The van der Waals surface area contributed by atoms with Crippen LogP contribution in [0.5, 0.6) is 5.75 Å². The van der Waals surface area contributed by atoms with Gasteiger partial charge in [0.05, 0.1) is 23.9 Å². The van der Waals surface area contributed by atoms with E-state index in [1.165, 1.54) is 28.3 Å². The Morgan fingerprint density at radius 2 is 2.25 bits per heavy atom. The van der Waals surface area contributed by atoms with Crippen molar-refractivity contribution in [2.24, 2.45) is 7.05 Å². The third kappa shape index (κ3) is 3.52. The van der Waals surface area contributed by atoms with Gasteiger partial charge in [0.1, 0.15) is 10.6 Å². The van der Waals surface area contributed by atoms with Gasteiger partial charge >= 0.3 is 0 Å². The molecule has 1 aliphatic rings. The summed E-state index contributed by atoms with van der Waals surface area (Å²) in [6.07, 6.45) is 3.07. The number of thioether (sulfide) groups is 1. The number of carbonyl (C=O) groups excluding carboxylic acids is 1.